The first-order valence-corrected chi connectivity index (χ1v) is 23.2. The van der Waals surface area contributed by atoms with Crippen molar-refractivity contribution in [3.05, 3.63) is 0 Å². The molecule has 0 amide bonds. The van der Waals surface area contributed by atoms with Gasteiger partial charge in [0.1, 0.15) is 6.61 Å². The number of carbonyl (C=O) groups is 1. The van der Waals surface area contributed by atoms with Gasteiger partial charge in [0.25, 0.3) is 0 Å². The monoisotopic (exact) mass is 839 g/mol. The molecule has 348 valence electrons. The summed E-state index contributed by atoms with van der Waals surface area (Å²) in [5, 5.41) is 0. The van der Waals surface area contributed by atoms with Crippen LogP contribution in [-0.2, 0) is 61.6 Å². The highest BCUT2D eigenvalue weighted by molar-refractivity contribution is 5.69. The van der Waals surface area contributed by atoms with Crippen LogP contribution in [0.1, 0.15) is 130 Å². The third kappa shape index (κ3) is 51.2. The molecule has 0 aliphatic heterocycles. The van der Waals surface area contributed by atoms with E-state index in [2.05, 4.69) is 20.8 Å². The second-order valence-electron chi connectivity index (χ2n) is 14.6. The Morgan fingerprint density at radius 3 is 0.845 bits per heavy atom. The molecule has 13 nitrogen and oxygen atoms in total. The normalized spacial score (nSPS) is 12.1. The van der Waals surface area contributed by atoms with Crippen LogP contribution in [-0.4, -0.2) is 158 Å². The van der Waals surface area contributed by atoms with Gasteiger partial charge in [-0.3, -0.25) is 4.79 Å². The van der Waals surface area contributed by atoms with Crippen LogP contribution in [0.3, 0.4) is 0 Å². The first-order valence-electron chi connectivity index (χ1n) is 23.2. The molecule has 0 saturated heterocycles. The van der Waals surface area contributed by atoms with Gasteiger partial charge in [0, 0.05) is 13.0 Å². The van der Waals surface area contributed by atoms with Crippen LogP contribution >= 0.6 is 0 Å². The lowest BCUT2D eigenvalue weighted by Crippen LogP contribution is -2.15. The third-order valence-corrected chi connectivity index (χ3v) is 9.29. The van der Waals surface area contributed by atoms with Crippen LogP contribution in [0, 0.1) is 5.92 Å². The van der Waals surface area contributed by atoms with E-state index >= 15 is 0 Å². The summed E-state index contributed by atoms with van der Waals surface area (Å²) in [6, 6.07) is 0. The summed E-state index contributed by atoms with van der Waals surface area (Å²) in [4.78, 5) is 11.9. The molecule has 13 heteroatoms. The van der Waals surface area contributed by atoms with Crippen molar-refractivity contribution in [1.29, 1.82) is 0 Å². The second kappa shape index (κ2) is 52.2. The number of unbranched alkanes of at least 4 members (excludes halogenated alkanes) is 14. The molecule has 0 N–H and O–H groups in total. The van der Waals surface area contributed by atoms with E-state index in [0.717, 1.165) is 25.9 Å². The van der Waals surface area contributed by atoms with Gasteiger partial charge in [-0.05, 0) is 12.3 Å². The topological polar surface area (TPSA) is 128 Å². The average Bonchev–Trinajstić information content (AvgIpc) is 3.23. The third-order valence-electron chi connectivity index (χ3n) is 9.29. The summed E-state index contributed by atoms with van der Waals surface area (Å²) in [5.74, 6) is 0.465. The smallest absolute Gasteiger partial charge is 0.305 e. The van der Waals surface area contributed by atoms with Crippen molar-refractivity contribution in [2.24, 2.45) is 5.92 Å². The number of hydrogen-bond acceptors (Lipinski definition) is 13. The minimum absolute atomic E-state index is 0.130. The Morgan fingerprint density at radius 2 is 0.569 bits per heavy atom. The van der Waals surface area contributed by atoms with Gasteiger partial charge in [-0.25, -0.2) is 0 Å². The molecule has 1 unspecified atom stereocenters. The number of carbonyl (C=O) groups excluding carboxylic acids is 1. The van der Waals surface area contributed by atoms with E-state index in [1.165, 1.54) is 83.5 Å². The van der Waals surface area contributed by atoms with Crippen molar-refractivity contribution in [2.45, 2.75) is 130 Å². The fraction of sp³-hybridized carbons (Fsp3) is 0.978. The van der Waals surface area contributed by atoms with Crippen LogP contribution in [0.15, 0.2) is 0 Å². The Morgan fingerprint density at radius 1 is 0.328 bits per heavy atom. The van der Waals surface area contributed by atoms with Crippen molar-refractivity contribution in [3.63, 3.8) is 0 Å². The minimum Gasteiger partial charge on any atom is -0.463 e. The summed E-state index contributed by atoms with van der Waals surface area (Å²) in [7, 11) is 0. The standard InChI is InChI=1S/C45H90O13/c1-4-6-7-8-9-10-11-12-13-14-15-16-17-18-19-20-45(46)58-42-41-56-38-37-54-34-33-52-30-29-50-26-25-48-22-21-47-23-24-49-27-28-51-31-32-53-35-36-55-39-40-57-43-44(3)5-2/h44H,4-43H2,1-3H3. The molecule has 1 atom stereocenters. The molecule has 0 spiro atoms. The zero-order valence-electron chi connectivity index (χ0n) is 37.7. The van der Waals surface area contributed by atoms with E-state index < -0.39 is 0 Å². The van der Waals surface area contributed by atoms with Crippen LogP contribution in [0.2, 0.25) is 0 Å². The fourth-order valence-corrected chi connectivity index (χ4v) is 5.53. The molecular formula is C45H90O13. The average molecular weight is 839 g/mol. The van der Waals surface area contributed by atoms with Gasteiger partial charge in [0.15, 0.2) is 0 Å². The van der Waals surface area contributed by atoms with Gasteiger partial charge in [0.05, 0.1) is 139 Å². The molecule has 0 aromatic heterocycles. The number of ether oxygens (including phenoxy) is 12. The second-order valence-corrected chi connectivity index (χ2v) is 14.6. The Bertz CT molecular complexity index is 764. The first-order chi connectivity index (χ1) is 28.7. The molecule has 58 heavy (non-hydrogen) atoms. The summed E-state index contributed by atoms with van der Waals surface area (Å²) in [6.07, 6.45) is 21.4. The predicted octanol–water partition coefficient (Wildman–Crippen LogP) is 8.02. The van der Waals surface area contributed by atoms with Gasteiger partial charge in [0.2, 0.25) is 0 Å². The molecule has 0 rings (SSSR count). The quantitative estimate of drug-likeness (QED) is 0.0434. The molecule has 0 heterocycles. The minimum atomic E-state index is -0.130. The van der Waals surface area contributed by atoms with E-state index in [4.69, 9.17) is 56.8 Å². The summed E-state index contributed by atoms with van der Waals surface area (Å²) >= 11 is 0. The highest BCUT2D eigenvalue weighted by atomic mass is 16.6. The summed E-state index contributed by atoms with van der Waals surface area (Å²) in [5.41, 5.74) is 0. The van der Waals surface area contributed by atoms with Gasteiger partial charge < -0.3 is 56.8 Å². The maximum atomic E-state index is 11.9. The first kappa shape index (κ1) is 57.0. The van der Waals surface area contributed by atoms with E-state index in [-0.39, 0.29) is 12.6 Å². The highest BCUT2D eigenvalue weighted by Gasteiger charge is 2.03. The lowest BCUT2D eigenvalue weighted by molar-refractivity contribution is -0.145. The Hall–Kier alpha value is -0.970. The summed E-state index contributed by atoms with van der Waals surface area (Å²) in [6.45, 7) is 18.5. The van der Waals surface area contributed by atoms with Gasteiger partial charge >= 0.3 is 5.97 Å². The van der Waals surface area contributed by atoms with Gasteiger partial charge in [-0.15, -0.1) is 0 Å². The van der Waals surface area contributed by atoms with E-state index in [1.54, 1.807) is 0 Å². The van der Waals surface area contributed by atoms with E-state index in [9.17, 15) is 4.79 Å². The van der Waals surface area contributed by atoms with E-state index in [1.807, 2.05) is 0 Å². The largest absolute Gasteiger partial charge is 0.463 e. The Kier molecular flexibility index (Phi) is 51.3. The predicted molar refractivity (Wildman–Crippen MR) is 229 cm³/mol. The highest BCUT2D eigenvalue weighted by Crippen LogP contribution is 2.14. The molecule has 0 aromatic rings. The lowest BCUT2D eigenvalue weighted by atomic mass is 10.0. The zero-order valence-corrected chi connectivity index (χ0v) is 37.7. The molecule has 0 bridgehead atoms. The molecule has 0 aliphatic carbocycles. The van der Waals surface area contributed by atoms with Crippen molar-refractivity contribution in [1.82, 2.24) is 0 Å². The Labute approximate surface area is 354 Å². The van der Waals surface area contributed by atoms with Crippen molar-refractivity contribution in [2.75, 3.05) is 152 Å². The van der Waals surface area contributed by atoms with E-state index in [0.29, 0.717) is 151 Å². The van der Waals surface area contributed by atoms with Crippen LogP contribution in [0.5, 0.6) is 0 Å². The molecule has 0 fully saturated rings. The fourth-order valence-electron chi connectivity index (χ4n) is 5.53. The Balaban J connectivity index is 3.13. The number of esters is 1. The van der Waals surface area contributed by atoms with Crippen molar-refractivity contribution >= 4 is 5.97 Å². The van der Waals surface area contributed by atoms with Gasteiger partial charge in [-0.2, -0.15) is 0 Å². The SMILES string of the molecule is CCCCCCCCCCCCCCCCCC(=O)OCCOCCOCCOCCOCCOCCOCCOCCOCCOCCOCCOCC(C)CC. The van der Waals surface area contributed by atoms with Crippen LogP contribution in [0.4, 0.5) is 0 Å². The van der Waals surface area contributed by atoms with Crippen molar-refractivity contribution < 1.29 is 61.6 Å². The van der Waals surface area contributed by atoms with Crippen LogP contribution in [0.25, 0.3) is 0 Å². The molecule has 0 aromatic carbocycles. The van der Waals surface area contributed by atoms with Gasteiger partial charge in [-0.1, -0.05) is 117 Å². The maximum absolute atomic E-state index is 11.9. The molecule has 0 radical (unpaired) electrons. The number of rotatable bonds is 52. The van der Waals surface area contributed by atoms with Crippen LogP contribution < -0.4 is 0 Å². The zero-order chi connectivity index (χ0) is 41.9. The lowest BCUT2D eigenvalue weighted by Gasteiger charge is -2.10. The molecule has 0 saturated carbocycles. The molecular weight excluding hydrogens is 748 g/mol. The van der Waals surface area contributed by atoms with Crippen molar-refractivity contribution in [3.8, 4) is 0 Å². The number of hydrogen-bond donors (Lipinski definition) is 0. The maximum Gasteiger partial charge on any atom is 0.305 e. The summed E-state index contributed by atoms with van der Waals surface area (Å²) < 4.78 is 65.8. The molecule has 0 aliphatic rings.